The highest BCUT2D eigenvalue weighted by atomic mass is 16.4. The Kier molecular flexibility index (Phi) is 13.7. The van der Waals surface area contributed by atoms with Gasteiger partial charge in [-0.05, 0) is 38.7 Å². The number of aliphatic hydroxyl groups excluding tert-OH is 1. The van der Waals surface area contributed by atoms with Crippen molar-refractivity contribution in [1.82, 2.24) is 26.2 Å². The van der Waals surface area contributed by atoms with E-state index < -0.39 is 90.8 Å². The number of nitrogens with zero attached hydrogens (tertiary/aromatic N) is 1. The molecule has 0 saturated carbocycles. The highest BCUT2D eigenvalue weighted by Crippen LogP contribution is 2.20. The van der Waals surface area contributed by atoms with E-state index >= 15 is 0 Å². The maximum absolute atomic E-state index is 13.4. The van der Waals surface area contributed by atoms with Crippen LogP contribution in [0.3, 0.4) is 0 Å². The molecule has 16 nitrogen and oxygen atoms in total. The summed E-state index contributed by atoms with van der Waals surface area (Å²) in [6.07, 6.45) is -0.0432. The molecular weight excluding hydrogens is 580 g/mol. The van der Waals surface area contributed by atoms with Gasteiger partial charge in [-0.2, -0.15) is 0 Å². The van der Waals surface area contributed by atoms with Crippen molar-refractivity contribution in [3.63, 3.8) is 0 Å². The molecule has 0 aliphatic carbocycles. The maximum atomic E-state index is 13.4. The third-order valence-corrected chi connectivity index (χ3v) is 7.04. The Hall–Kier alpha value is -4.57. The van der Waals surface area contributed by atoms with Crippen LogP contribution in [0.5, 0.6) is 0 Å². The average Bonchev–Trinajstić information content (AvgIpc) is 3.48. The van der Waals surface area contributed by atoms with Crippen molar-refractivity contribution >= 4 is 41.5 Å². The van der Waals surface area contributed by atoms with Gasteiger partial charge in [-0.3, -0.25) is 28.8 Å². The second-order valence-corrected chi connectivity index (χ2v) is 10.5. The summed E-state index contributed by atoms with van der Waals surface area (Å²) in [5, 5.41) is 37.3. The summed E-state index contributed by atoms with van der Waals surface area (Å²) in [5.74, 6) is -6.34. The minimum absolute atomic E-state index is 0.0513. The fraction of sp³-hybridized carbons (Fsp3) is 0.536. The lowest BCUT2D eigenvalue weighted by molar-refractivity contribution is -0.149. The van der Waals surface area contributed by atoms with Crippen LogP contribution in [-0.2, 0) is 40.0 Å². The Morgan fingerprint density at radius 2 is 1.43 bits per heavy atom. The van der Waals surface area contributed by atoms with Crippen LogP contribution in [0.2, 0.25) is 0 Å². The predicted octanol–water partition coefficient (Wildman–Crippen LogP) is -2.53. The number of rotatable bonds is 16. The zero-order chi connectivity index (χ0) is 33.0. The lowest BCUT2D eigenvalue weighted by Crippen LogP contribution is -2.58. The van der Waals surface area contributed by atoms with Crippen molar-refractivity contribution in [2.75, 3.05) is 13.2 Å². The number of nitrogens with two attached hydrogens (primary N) is 1. The van der Waals surface area contributed by atoms with Gasteiger partial charge < -0.3 is 47.2 Å². The van der Waals surface area contributed by atoms with Crippen molar-refractivity contribution < 1.29 is 48.9 Å². The van der Waals surface area contributed by atoms with E-state index in [0.717, 1.165) is 0 Å². The molecule has 1 fully saturated rings. The number of carboxylic acid groups (broad SMARTS) is 2. The normalized spacial score (nSPS) is 17.7. The zero-order valence-corrected chi connectivity index (χ0v) is 24.5. The number of benzene rings is 1. The second-order valence-electron chi connectivity index (χ2n) is 10.5. The van der Waals surface area contributed by atoms with Gasteiger partial charge in [0.05, 0.1) is 6.61 Å². The quantitative estimate of drug-likeness (QED) is 0.0955. The largest absolute Gasteiger partial charge is 0.481 e. The molecule has 5 amide bonds. The first-order chi connectivity index (χ1) is 20.7. The summed E-state index contributed by atoms with van der Waals surface area (Å²) < 4.78 is 0. The molecule has 9 N–H and O–H groups in total. The maximum Gasteiger partial charge on any atom is 0.326 e. The summed E-state index contributed by atoms with van der Waals surface area (Å²) >= 11 is 0. The van der Waals surface area contributed by atoms with Gasteiger partial charge in [-0.25, -0.2) is 4.79 Å². The van der Waals surface area contributed by atoms with E-state index in [9.17, 15) is 38.7 Å². The van der Waals surface area contributed by atoms with E-state index in [1.165, 1.54) is 18.7 Å². The first kappa shape index (κ1) is 35.6. The van der Waals surface area contributed by atoms with E-state index in [1.807, 2.05) is 0 Å². The molecule has 6 unspecified atom stereocenters. The lowest BCUT2D eigenvalue weighted by Gasteiger charge is -2.28. The van der Waals surface area contributed by atoms with Crippen molar-refractivity contribution in [2.45, 2.75) is 82.2 Å². The number of carboxylic acids is 2. The third kappa shape index (κ3) is 10.6. The van der Waals surface area contributed by atoms with Gasteiger partial charge >= 0.3 is 11.9 Å². The standard InChI is InChI=1S/C28H40N6O10/c1-15(30-25(40)18(29)14-35)23(38)32-19(10-11-22(36)37)26(41)31-16(2)24(39)33-20(13-17-7-4-3-5-8-17)27(42)34-12-6-9-21(34)28(43)44/h3-5,7-8,15-16,18-21,35H,6,9-14,29H2,1-2H3,(H,30,40)(H,31,41)(H,32,38)(H,33,39)(H,36,37)(H,43,44). The van der Waals surface area contributed by atoms with Crippen molar-refractivity contribution in [3.8, 4) is 0 Å². The topological polar surface area (TPSA) is 258 Å². The van der Waals surface area contributed by atoms with Crippen LogP contribution in [0.15, 0.2) is 30.3 Å². The summed E-state index contributed by atoms with van der Waals surface area (Å²) in [6.45, 7) is 2.15. The summed E-state index contributed by atoms with van der Waals surface area (Å²) in [4.78, 5) is 88.3. The minimum Gasteiger partial charge on any atom is -0.481 e. The first-order valence-corrected chi connectivity index (χ1v) is 14.1. The number of aliphatic hydroxyl groups is 1. The van der Waals surface area contributed by atoms with Gasteiger partial charge in [-0.15, -0.1) is 0 Å². The molecule has 1 aliphatic rings. The molecule has 1 aromatic carbocycles. The number of carbonyl (C=O) groups excluding carboxylic acids is 5. The second kappa shape index (κ2) is 16.9. The van der Waals surface area contributed by atoms with Gasteiger partial charge in [0.15, 0.2) is 0 Å². The van der Waals surface area contributed by atoms with Gasteiger partial charge in [-0.1, -0.05) is 30.3 Å². The number of aliphatic carboxylic acids is 2. The molecule has 44 heavy (non-hydrogen) atoms. The Morgan fingerprint density at radius 1 is 0.864 bits per heavy atom. The van der Waals surface area contributed by atoms with Crippen LogP contribution in [0.25, 0.3) is 0 Å². The fourth-order valence-corrected chi connectivity index (χ4v) is 4.52. The monoisotopic (exact) mass is 620 g/mol. The molecule has 242 valence electrons. The molecular formula is C28H40N6O10. The molecule has 2 rings (SSSR count). The number of hydrogen-bond acceptors (Lipinski definition) is 9. The number of likely N-dealkylation sites (tertiary alicyclic amines) is 1. The fourth-order valence-electron chi connectivity index (χ4n) is 4.52. The molecule has 1 aromatic rings. The SMILES string of the molecule is CC(NC(=O)C(N)CO)C(=O)NC(CCC(=O)O)C(=O)NC(C)C(=O)NC(Cc1ccccc1)C(=O)N1CCCC1C(=O)O. The minimum atomic E-state index is -1.41. The molecule has 0 spiro atoms. The van der Waals surface area contributed by atoms with Crippen LogP contribution in [0.4, 0.5) is 0 Å². The lowest BCUT2D eigenvalue weighted by atomic mass is 10.0. The van der Waals surface area contributed by atoms with E-state index in [-0.39, 0.29) is 25.8 Å². The highest BCUT2D eigenvalue weighted by molar-refractivity contribution is 5.96. The number of carbonyl (C=O) groups is 7. The van der Waals surface area contributed by atoms with Crippen molar-refractivity contribution in [3.05, 3.63) is 35.9 Å². The van der Waals surface area contributed by atoms with Crippen molar-refractivity contribution in [2.24, 2.45) is 5.73 Å². The molecule has 1 aliphatic heterocycles. The van der Waals surface area contributed by atoms with Crippen LogP contribution < -0.4 is 27.0 Å². The predicted molar refractivity (Wildman–Crippen MR) is 154 cm³/mol. The smallest absolute Gasteiger partial charge is 0.326 e. The highest BCUT2D eigenvalue weighted by Gasteiger charge is 2.38. The molecule has 0 radical (unpaired) electrons. The van der Waals surface area contributed by atoms with Gasteiger partial charge in [0.25, 0.3) is 0 Å². The Labute approximate surface area is 253 Å². The third-order valence-electron chi connectivity index (χ3n) is 7.04. The van der Waals surface area contributed by atoms with Crippen LogP contribution in [0, 0.1) is 0 Å². The molecule has 1 saturated heterocycles. The molecule has 0 bridgehead atoms. The Balaban J connectivity index is 2.14. The number of amides is 5. The van der Waals surface area contributed by atoms with Crippen LogP contribution in [0.1, 0.15) is 45.1 Å². The summed E-state index contributed by atoms with van der Waals surface area (Å²) in [5.41, 5.74) is 6.12. The van der Waals surface area contributed by atoms with E-state index in [4.69, 9.17) is 15.9 Å². The van der Waals surface area contributed by atoms with E-state index in [1.54, 1.807) is 30.3 Å². The van der Waals surface area contributed by atoms with Gasteiger partial charge in [0.2, 0.25) is 29.5 Å². The summed E-state index contributed by atoms with van der Waals surface area (Å²) in [6, 6.07) is 1.41. The van der Waals surface area contributed by atoms with Gasteiger partial charge in [0.1, 0.15) is 36.3 Å². The molecule has 16 heteroatoms. The van der Waals surface area contributed by atoms with Gasteiger partial charge in [0, 0.05) is 19.4 Å². The van der Waals surface area contributed by atoms with E-state index in [2.05, 4.69) is 21.3 Å². The molecule has 0 aromatic heterocycles. The van der Waals surface area contributed by atoms with Crippen molar-refractivity contribution in [1.29, 1.82) is 0 Å². The van der Waals surface area contributed by atoms with Crippen LogP contribution >= 0.6 is 0 Å². The summed E-state index contributed by atoms with van der Waals surface area (Å²) in [7, 11) is 0. The molecule has 6 atom stereocenters. The first-order valence-electron chi connectivity index (χ1n) is 14.1. The number of nitrogens with one attached hydrogen (secondary N) is 4. The Morgan fingerprint density at radius 3 is 1.98 bits per heavy atom. The number of hydrogen-bond donors (Lipinski definition) is 8. The van der Waals surface area contributed by atoms with E-state index in [0.29, 0.717) is 12.0 Å². The molecule has 1 heterocycles. The average molecular weight is 621 g/mol. The van der Waals surface area contributed by atoms with Crippen LogP contribution in [-0.4, -0.2) is 111 Å². The zero-order valence-electron chi connectivity index (χ0n) is 24.5. The Bertz CT molecular complexity index is 1210.